The van der Waals surface area contributed by atoms with Crippen molar-refractivity contribution in [2.75, 3.05) is 25.2 Å². The van der Waals surface area contributed by atoms with Crippen molar-refractivity contribution in [2.45, 2.75) is 18.3 Å². The number of likely N-dealkylation sites (N-methyl/N-ethyl adjacent to an activating group) is 1. The molecule has 16 heavy (non-hydrogen) atoms. The van der Waals surface area contributed by atoms with Crippen molar-refractivity contribution in [2.24, 2.45) is 0 Å². The summed E-state index contributed by atoms with van der Waals surface area (Å²) in [7, 11) is 1.84. The Bertz CT molecular complexity index is 369. The van der Waals surface area contributed by atoms with Crippen LogP contribution in [0.5, 0.6) is 0 Å². The molecule has 0 radical (unpaired) electrons. The van der Waals surface area contributed by atoms with Crippen LogP contribution in [0.2, 0.25) is 0 Å². The minimum absolute atomic E-state index is 0.163. The van der Waals surface area contributed by atoms with Crippen molar-refractivity contribution in [3.05, 3.63) is 23.6 Å². The van der Waals surface area contributed by atoms with Gasteiger partial charge in [-0.15, -0.1) is 11.6 Å². The van der Waals surface area contributed by atoms with E-state index in [1.54, 1.807) is 12.3 Å². The maximum atomic E-state index is 13.9. The van der Waals surface area contributed by atoms with E-state index in [0.717, 1.165) is 13.0 Å². The van der Waals surface area contributed by atoms with Gasteiger partial charge in [0.05, 0.1) is 18.5 Å². The van der Waals surface area contributed by atoms with E-state index in [0.29, 0.717) is 18.0 Å². The predicted molar refractivity (Wildman–Crippen MR) is 61.4 cm³/mol. The normalized spacial score (nSPS) is 20.1. The number of nitrogens with zero attached hydrogens (tertiary/aromatic N) is 2. The Kier molecular flexibility index (Phi) is 3.61. The quantitative estimate of drug-likeness (QED) is 0.763. The molecule has 3 nitrogen and oxygen atoms in total. The van der Waals surface area contributed by atoms with Gasteiger partial charge in [-0.25, -0.2) is 9.37 Å². The molecule has 0 aromatic carbocycles. The maximum Gasteiger partial charge on any atom is 0.170 e. The fraction of sp³-hybridized carbons (Fsp3) is 0.545. The average Bonchev–Trinajstić information content (AvgIpc) is 2.82. The Hall–Kier alpha value is -0.870. The summed E-state index contributed by atoms with van der Waals surface area (Å²) in [6, 6.07) is 1.80. The molecule has 0 saturated carbocycles. The molecule has 1 atom stereocenters. The fourth-order valence-electron chi connectivity index (χ4n) is 1.82. The lowest BCUT2D eigenvalue weighted by Crippen LogP contribution is -2.33. The van der Waals surface area contributed by atoms with Gasteiger partial charge in [0.1, 0.15) is 0 Å². The summed E-state index contributed by atoms with van der Waals surface area (Å²) in [5, 5.41) is 0. The van der Waals surface area contributed by atoms with Gasteiger partial charge in [-0.2, -0.15) is 0 Å². The molecule has 0 N–H and O–H groups in total. The van der Waals surface area contributed by atoms with Crippen LogP contribution in [0.4, 0.5) is 10.2 Å². The summed E-state index contributed by atoms with van der Waals surface area (Å²) in [6.45, 7) is 1.36. The second-order valence-corrected chi connectivity index (χ2v) is 4.14. The number of hydrogen-bond donors (Lipinski definition) is 0. The molecule has 1 aromatic rings. The van der Waals surface area contributed by atoms with Crippen molar-refractivity contribution in [3.8, 4) is 0 Å². The zero-order valence-corrected chi connectivity index (χ0v) is 9.88. The van der Waals surface area contributed by atoms with Gasteiger partial charge in [0.25, 0.3) is 0 Å². The van der Waals surface area contributed by atoms with Crippen molar-refractivity contribution in [3.63, 3.8) is 0 Å². The summed E-state index contributed by atoms with van der Waals surface area (Å²) >= 11 is 5.66. The minimum Gasteiger partial charge on any atom is -0.379 e. The van der Waals surface area contributed by atoms with Crippen molar-refractivity contribution < 1.29 is 9.13 Å². The smallest absolute Gasteiger partial charge is 0.170 e. The number of hydrogen-bond acceptors (Lipinski definition) is 3. The summed E-state index contributed by atoms with van der Waals surface area (Å²) in [5.74, 6) is 0.191. The highest BCUT2D eigenvalue weighted by molar-refractivity contribution is 6.17. The van der Waals surface area contributed by atoms with Crippen LogP contribution >= 0.6 is 11.6 Å². The molecule has 0 amide bonds. The Balaban J connectivity index is 2.25. The second kappa shape index (κ2) is 4.97. The van der Waals surface area contributed by atoms with Crippen LogP contribution in [0.25, 0.3) is 0 Å². The number of pyridine rings is 1. The van der Waals surface area contributed by atoms with Gasteiger partial charge in [0, 0.05) is 25.4 Å². The topological polar surface area (TPSA) is 25.4 Å². The molecule has 2 heterocycles. The highest BCUT2D eigenvalue weighted by Gasteiger charge is 2.24. The number of ether oxygens (including phenoxy) is 1. The van der Waals surface area contributed by atoms with Gasteiger partial charge >= 0.3 is 0 Å². The molecule has 1 unspecified atom stereocenters. The van der Waals surface area contributed by atoms with Crippen molar-refractivity contribution >= 4 is 17.4 Å². The Morgan fingerprint density at radius 3 is 3.12 bits per heavy atom. The zero-order valence-electron chi connectivity index (χ0n) is 9.12. The Morgan fingerprint density at radius 1 is 1.69 bits per heavy atom. The molecular weight excluding hydrogens is 231 g/mol. The lowest BCUT2D eigenvalue weighted by molar-refractivity contribution is 0.193. The first-order valence-corrected chi connectivity index (χ1v) is 5.77. The molecule has 1 fully saturated rings. The Labute approximate surface area is 99.2 Å². The van der Waals surface area contributed by atoms with E-state index in [9.17, 15) is 4.39 Å². The van der Waals surface area contributed by atoms with E-state index >= 15 is 0 Å². The van der Waals surface area contributed by atoms with Crippen LogP contribution in [-0.2, 0) is 10.6 Å². The molecule has 0 spiro atoms. The van der Waals surface area contributed by atoms with Gasteiger partial charge in [-0.05, 0) is 12.5 Å². The lowest BCUT2D eigenvalue weighted by atomic mass is 10.2. The van der Waals surface area contributed by atoms with Crippen molar-refractivity contribution in [1.29, 1.82) is 0 Å². The molecule has 1 saturated heterocycles. The monoisotopic (exact) mass is 244 g/mol. The summed E-state index contributed by atoms with van der Waals surface area (Å²) in [6.07, 6.45) is 2.49. The first-order valence-electron chi connectivity index (χ1n) is 5.24. The first kappa shape index (κ1) is 11.6. The molecular formula is C11H14ClFN2O. The third-order valence-electron chi connectivity index (χ3n) is 2.88. The largest absolute Gasteiger partial charge is 0.379 e. The average molecular weight is 245 g/mol. The van der Waals surface area contributed by atoms with Crippen LogP contribution in [0.3, 0.4) is 0 Å². The van der Waals surface area contributed by atoms with Crippen LogP contribution in [0.1, 0.15) is 12.0 Å². The molecule has 1 aliphatic heterocycles. The maximum absolute atomic E-state index is 13.9. The third kappa shape index (κ3) is 2.13. The standard InChI is InChI=1S/C11H14ClFN2O/c1-15(9-3-5-16-7-9)11-10(13)8(6-12)2-4-14-11/h2,4,9H,3,5-7H2,1H3. The van der Waals surface area contributed by atoms with E-state index in [1.807, 2.05) is 11.9 Å². The first-order chi connectivity index (χ1) is 7.74. The summed E-state index contributed by atoms with van der Waals surface area (Å²) in [5.41, 5.74) is 0.484. The predicted octanol–water partition coefficient (Wildman–Crippen LogP) is 2.18. The van der Waals surface area contributed by atoms with Gasteiger partial charge in [0.15, 0.2) is 11.6 Å². The van der Waals surface area contributed by atoms with Gasteiger partial charge < -0.3 is 9.64 Å². The second-order valence-electron chi connectivity index (χ2n) is 3.87. The third-order valence-corrected chi connectivity index (χ3v) is 3.17. The van der Waals surface area contributed by atoms with Crippen LogP contribution in [-0.4, -0.2) is 31.3 Å². The molecule has 1 aliphatic rings. The number of rotatable bonds is 3. The SMILES string of the molecule is CN(c1nccc(CCl)c1F)C1CCOC1. The molecule has 0 bridgehead atoms. The van der Waals surface area contributed by atoms with E-state index in [2.05, 4.69) is 4.98 Å². The van der Waals surface area contributed by atoms with Crippen molar-refractivity contribution in [1.82, 2.24) is 4.98 Å². The number of anilines is 1. The van der Waals surface area contributed by atoms with E-state index in [-0.39, 0.29) is 17.7 Å². The number of alkyl halides is 1. The number of aromatic nitrogens is 1. The summed E-state index contributed by atoms with van der Waals surface area (Å²) in [4.78, 5) is 5.90. The highest BCUT2D eigenvalue weighted by Crippen LogP contribution is 2.23. The van der Waals surface area contributed by atoms with E-state index in [4.69, 9.17) is 16.3 Å². The molecule has 1 aromatic heterocycles. The van der Waals surface area contributed by atoms with Gasteiger partial charge in [0.2, 0.25) is 0 Å². The lowest BCUT2D eigenvalue weighted by Gasteiger charge is -2.24. The van der Waals surface area contributed by atoms with E-state index < -0.39 is 0 Å². The van der Waals surface area contributed by atoms with Crippen LogP contribution < -0.4 is 4.90 Å². The van der Waals surface area contributed by atoms with Gasteiger partial charge in [-0.1, -0.05) is 0 Å². The minimum atomic E-state index is -0.327. The van der Waals surface area contributed by atoms with E-state index in [1.165, 1.54) is 0 Å². The van der Waals surface area contributed by atoms with Crippen LogP contribution in [0.15, 0.2) is 12.3 Å². The molecule has 0 aliphatic carbocycles. The molecule has 88 valence electrons. The van der Waals surface area contributed by atoms with Gasteiger partial charge in [-0.3, -0.25) is 0 Å². The highest BCUT2D eigenvalue weighted by atomic mass is 35.5. The number of halogens is 2. The zero-order chi connectivity index (χ0) is 11.5. The molecule has 5 heteroatoms. The van der Waals surface area contributed by atoms with Crippen LogP contribution in [0, 0.1) is 5.82 Å². The molecule has 2 rings (SSSR count). The fourth-order valence-corrected chi connectivity index (χ4v) is 2.03. The Morgan fingerprint density at radius 2 is 2.50 bits per heavy atom. The summed E-state index contributed by atoms with van der Waals surface area (Å²) < 4.78 is 19.2.